The molecule has 0 saturated heterocycles. The first-order valence-corrected chi connectivity index (χ1v) is 6.85. The molecule has 0 spiro atoms. The molecule has 0 bridgehead atoms. The first kappa shape index (κ1) is 14.8. The minimum absolute atomic E-state index is 0.156. The summed E-state index contributed by atoms with van der Waals surface area (Å²) in [4.78, 5) is 4.24. The molecule has 2 rings (SSSR count). The van der Waals surface area contributed by atoms with Gasteiger partial charge in [0.15, 0.2) is 0 Å². The minimum Gasteiger partial charge on any atom is -0.485 e. The number of nitrogens with zero attached hydrogens (tertiary/aromatic N) is 3. The summed E-state index contributed by atoms with van der Waals surface area (Å²) in [5, 5.41) is 14.3. The molecule has 108 valence electrons. The summed E-state index contributed by atoms with van der Waals surface area (Å²) < 4.78 is 7.44. The summed E-state index contributed by atoms with van der Waals surface area (Å²) in [5.41, 5.74) is 3.04. The Balaban J connectivity index is 2.19. The Kier molecular flexibility index (Phi) is 4.62. The van der Waals surface area contributed by atoms with Gasteiger partial charge in [-0.25, -0.2) is 0 Å². The predicted molar refractivity (Wildman–Crippen MR) is 76.8 cm³/mol. The second kappa shape index (κ2) is 6.24. The van der Waals surface area contributed by atoms with Crippen LogP contribution in [-0.2, 0) is 26.7 Å². The predicted octanol–water partition coefficient (Wildman–Crippen LogP) is 2.41. The number of hydrogen-bond donors (Lipinski definition) is 1. The van der Waals surface area contributed by atoms with Crippen molar-refractivity contribution in [3.63, 3.8) is 0 Å². The third-order valence-electron chi connectivity index (χ3n) is 3.09. The van der Waals surface area contributed by atoms with Gasteiger partial charge in [0.2, 0.25) is 0 Å². The second-order valence-corrected chi connectivity index (χ2v) is 4.91. The van der Waals surface area contributed by atoms with Crippen molar-refractivity contribution in [1.29, 1.82) is 0 Å². The van der Waals surface area contributed by atoms with Gasteiger partial charge in [0.1, 0.15) is 18.1 Å². The average molecular weight is 296 g/mol. The minimum atomic E-state index is -0.156. The maximum Gasteiger partial charge on any atom is 0.143 e. The molecule has 0 atom stereocenters. The molecule has 0 aliphatic rings. The maximum atomic E-state index is 9.31. The fourth-order valence-electron chi connectivity index (χ4n) is 1.97. The van der Waals surface area contributed by atoms with Crippen LogP contribution in [0.4, 0.5) is 0 Å². The zero-order valence-electron chi connectivity index (χ0n) is 11.9. The molecule has 0 aliphatic carbocycles. The van der Waals surface area contributed by atoms with Crippen molar-refractivity contribution in [3.8, 4) is 5.75 Å². The van der Waals surface area contributed by atoms with E-state index in [-0.39, 0.29) is 6.61 Å². The first-order valence-electron chi connectivity index (χ1n) is 6.47. The molecule has 0 unspecified atom stereocenters. The van der Waals surface area contributed by atoms with Crippen LogP contribution < -0.4 is 4.74 Å². The van der Waals surface area contributed by atoms with Crippen molar-refractivity contribution in [1.82, 2.24) is 14.8 Å². The molecule has 0 amide bonds. The smallest absolute Gasteiger partial charge is 0.143 e. The highest BCUT2D eigenvalue weighted by molar-refractivity contribution is 6.31. The summed E-state index contributed by atoms with van der Waals surface area (Å²) in [6.45, 7) is 4.01. The van der Waals surface area contributed by atoms with E-state index in [2.05, 4.69) is 10.1 Å². The van der Waals surface area contributed by atoms with Gasteiger partial charge in [0.05, 0.1) is 23.0 Å². The van der Waals surface area contributed by atoms with E-state index in [1.807, 2.05) is 27.0 Å². The van der Waals surface area contributed by atoms with Gasteiger partial charge in [0, 0.05) is 12.7 Å². The highest BCUT2D eigenvalue weighted by Gasteiger charge is 2.14. The third kappa shape index (κ3) is 2.94. The largest absolute Gasteiger partial charge is 0.485 e. The van der Waals surface area contributed by atoms with Gasteiger partial charge in [0.25, 0.3) is 0 Å². The number of aliphatic hydroxyl groups is 1. The van der Waals surface area contributed by atoms with Crippen molar-refractivity contribution in [2.45, 2.75) is 33.5 Å². The summed E-state index contributed by atoms with van der Waals surface area (Å²) in [6, 6.07) is 3.65. The van der Waals surface area contributed by atoms with E-state index in [1.54, 1.807) is 10.7 Å². The molecule has 6 heteroatoms. The molecule has 2 aromatic heterocycles. The summed E-state index contributed by atoms with van der Waals surface area (Å²) in [5.74, 6) is 0.563. The summed E-state index contributed by atoms with van der Waals surface area (Å²) in [7, 11) is 1.84. The molecular weight excluding hydrogens is 278 g/mol. The van der Waals surface area contributed by atoms with E-state index in [9.17, 15) is 5.11 Å². The highest BCUT2D eigenvalue weighted by atomic mass is 35.5. The SMILES string of the molecule is CCc1nn(C)c(COc2ccc(C)nc2CO)c1Cl. The number of halogens is 1. The van der Waals surface area contributed by atoms with E-state index in [0.29, 0.717) is 23.1 Å². The Morgan fingerprint density at radius 1 is 1.35 bits per heavy atom. The Hall–Kier alpha value is -1.59. The van der Waals surface area contributed by atoms with E-state index in [1.165, 1.54) is 0 Å². The van der Waals surface area contributed by atoms with Crippen molar-refractivity contribution < 1.29 is 9.84 Å². The van der Waals surface area contributed by atoms with Crippen LogP contribution in [0, 0.1) is 6.92 Å². The van der Waals surface area contributed by atoms with Gasteiger partial charge in [-0.15, -0.1) is 0 Å². The molecule has 2 aromatic rings. The van der Waals surface area contributed by atoms with E-state index in [4.69, 9.17) is 16.3 Å². The maximum absolute atomic E-state index is 9.31. The molecule has 0 aromatic carbocycles. The molecule has 20 heavy (non-hydrogen) atoms. The summed E-state index contributed by atoms with van der Waals surface area (Å²) >= 11 is 6.27. The lowest BCUT2D eigenvalue weighted by Gasteiger charge is -2.10. The molecule has 2 heterocycles. The number of hydrogen-bond acceptors (Lipinski definition) is 4. The van der Waals surface area contributed by atoms with Crippen LogP contribution in [0.1, 0.15) is 29.7 Å². The van der Waals surface area contributed by atoms with E-state index < -0.39 is 0 Å². The van der Waals surface area contributed by atoms with Gasteiger partial charge >= 0.3 is 0 Å². The van der Waals surface area contributed by atoms with Gasteiger partial charge in [-0.2, -0.15) is 5.10 Å². The van der Waals surface area contributed by atoms with Gasteiger partial charge in [-0.05, 0) is 25.5 Å². The fraction of sp³-hybridized carbons (Fsp3) is 0.429. The van der Waals surface area contributed by atoms with Gasteiger partial charge in [-0.3, -0.25) is 9.67 Å². The van der Waals surface area contributed by atoms with Crippen LogP contribution in [0.25, 0.3) is 0 Å². The highest BCUT2D eigenvalue weighted by Crippen LogP contribution is 2.24. The number of rotatable bonds is 5. The zero-order chi connectivity index (χ0) is 14.7. The lowest BCUT2D eigenvalue weighted by atomic mass is 10.3. The molecule has 1 N–H and O–H groups in total. The Bertz CT molecular complexity index is 611. The molecule has 0 aliphatic heterocycles. The Labute approximate surface area is 123 Å². The van der Waals surface area contributed by atoms with Crippen molar-refractivity contribution in [2.24, 2.45) is 7.05 Å². The summed E-state index contributed by atoms with van der Waals surface area (Å²) in [6.07, 6.45) is 0.778. The van der Waals surface area contributed by atoms with Crippen LogP contribution in [0.5, 0.6) is 5.75 Å². The number of aryl methyl sites for hydroxylation is 3. The first-order chi connectivity index (χ1) is 9.56. The third-order valence-corrected chi connectivity index (χ3v) is 3.53. The molecule has 0 radical (unpaired) electrons. The topological polar surface area (TPSA) is 60.2 Å². The van der Waals surface area contributed by atoms with Gasteiger partial charge < -0.3 is 9.84 Å². The standard InChI is InChI=1S/C14H18ClN3O2/c1-4-10-14(15)12(18(3)17-10)8-20-13-6-5-9(2)16-11(13)7-19/h5-6,19H,4,7-8H2,1-3H3. The lowest BCUT2D eigenvalue weighted by Crippen LogP contribution is -2.06. The van der Waals surface area contributed by atoms with Crippen LogP contribution in [0.3, 0.4) is 0 Å². The van der Waals surface area contributed by atoms with E-state index >= 15 is 0 Å². The zero-order valence-corrected chi connectivity index (χ0v) is 12.6. The molecule has 0 saturated carbocycles. The van der Waals surface area contributed by atoms with Crippen LogP contribution >= 0.6 is 11.6 Å². The van der Waals surface area contributed by atoms with Crippen molar-refractivity contribution in [3.05, 3.63) is 39.9 Å². The van der Waals surface area contributed by atoms with Crippen molar-refractivity contribution in [2.75, 3.05) is 0 Å². The van der Waals surface area contributed by atoms with E-state index in [0.717, 1.165) is 23.5 Å². The number of aromatic nitrogens is 3. The number of ether oxygens (including phenoxy) is 1. The monoisotopic (exact) mass is 295 g/mol. The average Bonchev–Trinajstić information content (AvgIpc) is 2.72. The van der Waals surface area contributed by atoms with Crippen LogP contribution in [-0.4, -0.2) is 19.9 Å². The molecule has 0 fully saturated rings. The second-order valence-electron chi connectivity index (χ2n) is 4.53. The van der Waals surface area contributed by atoms with Crippen LogP contribution in [0.2, 0.25) is 5.02 Å². The fourth-order valence-corrected chi connectivity index (χ4v) is 2.31. The van der Waals surface area contributed by atoms with Gasteiger partial charge in [-0.1, -0.05) is 18.5 Å². The Morgan fingerprint density at radius 2 is 2.10 bits per heavy atom. The normalized spacial score (nSPS) is 10.8. The number of pyridine rings is 1. The van der Waals surface area contributed by atoms with Crippen molar-refractivity contribution >= 4 is 11.6 Å². The molecular formula is C14H18ClN3O2. The lowest BCUT2D eigenvalue weighted by molar-refractivity contribution is 0.250. The quantitative estimate of drug-likeness (QED) is 0.920. The Morgan fingerprint density at radius 3 is 2.70 bits per heavy atom. The van der Waals surface area contributed by atoms with Crippen LogP contribution in [0.15, 0.2) is 12.1 Å². The molecule has 5 nitrogen and oxygen atoms in total. The number of aliphatic hydroxyl groups excluding tert-OH is 1.